The lowest BCUT2D eigenvalue weighted by molar-refractivity contribution is -2.00. The van der Waals surface area contributed by atoms with E-state index in [1.807, 2.05) is 24.3 Å². The third kappa shape index (κ3) is 6.54. The van der Waals surface area contributed by atoms with Gasteiger partial charge in [-0.15, -0.1) is 10.2 Å². The Morgan fingerprint density at radius 3 is 1.26 bits per heavy atom. The van der Waals surface area contributed by atoms with Crippen LogP contribution in [0.15, 0.2) is 122 Å². The molecule has 0 saturated carbocycles. The summed E-state index contributed by atoms with van der Waals surface area (Å²) in [6, 6.07) is 37.5. The molecule has 2 heterocycles. The number of rotatable bonds is 4. The van der Waals surface area contributed by atoms with Gasteiger partial charge in [-0.25, -0.2) is 18.6 Å². The molecule has 0 fully saturated rings. The van der Waals surface area contributed by atoms with E-state index in [9.17, 15) is 0 Å². The van der Waals surface area contributed by atoms with E-state index in [1.54, 1.807) is 12.4 Å². The number of pyridine rings is 1. The quantitative estimate of drug-likeness (QED) is 0.350. The van der Waals surface area contributed by atoms with Crippen LogP contribution in [-0.4, -0.2) is 9.97 Å². The largest absolute Gasteiger partial charge is 0.438 e. The zero-order valence-electron chi connectivity index (χ0n) is 18.4. The summed E-state index contributed by atoms with van der Waals surface area (Å²) in [5.74, 6) is 0.648. The molecule has 2 aromatic heterocycles. The molecular weight excluding hydrogens is 466 g/mol. The normalized spacial score (nSPS) is 10.9. The lowest BCUT2D eigenvalue weighted by Gasteiger charge is -2.17. The van der Waals surface area contributed by atoms with Gasteiger partial charge >= 0.3 is 5.95 Å². The highest BCUT2D eigenvalue weighted by Gasteiger charge is 2.22. The molecule has 0 atom stereocenters. The minimum absolute atomic E-state index is 0.648. The van der Waals surface area contributed by atoms with Crippen LogP contribution in [0.4, 0.5) is 0 Å². The van der Waals surface area contributed by atoms with Crippen LogP contribution in [0.2, 0.25) is 0 Å². The number of hydrogen-bond donors (Lipinski definition) is 0. The van der Waals surface area contributed by atoms with Gasteiger partial charge in [-0.2, -0.15) is 4.57 Å². The van der Waals surface area contributed by atoms with Gasteiger partial charge in [0, 0.05) is 17.2 Å². The highest BCUT2D eigenvalue weighted by molar-refractivity contribution is 5.74. The smallest absolute Gasteiger partial charge is 0.222 e. The predicted octanol–water partition coefficient (Wildman–Crippen LogP) is 0.998. The van der Waals surface area contributed by atoms with Crippen LogP contribution in [0, 0.1) is 10.2 Å². The van der Waals surface area contributed by atoms with Crippen LogP contribution < -0.4 is 23.2 Å². The fourth-order valence-corrected chi connectivity index (χ4v) is 3.66. The summed E-state index contributed by atoms with van der Waals surface area (Å²) in [5.41, 5.74) is 6.64. The topological polar surface area (TPSA) is 122 Å². The molecule has 35 heavy (non-hydrogen) atoms. The van der Waals surface area contributed by atoms with E-state index in [0.29, 0.717) is 5.95 Å². The Balaban J connectivity index is 0.000000527. The molecule has 8 heteroatoms. The summed E-state index contributed by atoms with van der Waals surface area (Å²) in [4.78, 5) is 9.15. The lowest BCUT2D eigenvalue weighted by atomic mass is 9.99. The molecule has 0 radical (unpaired) electrons. The first-order valence-corrected chi connectivity index (χ1v) is 11.8. The fraction of sp³-hybridized carbons (Fsp3) is 0. The molecular formula is C27H20ClN3O4. The fourth-order valence-electron chi connectivity index (χ4n) is 3.66. The molecule has 0 saturated heterocycles. The van der Waals surface area contributed by atoms with Crippen molar-refractivity contribution in [2.75, 3.05) is 0 Å². The highest BCUT2D eigenvalue weighted by atomic mass is 35.7. The van der Waals surface area contributed by atoms with Crippen molar-refractivity contribution in [2.45, 2.75) is 0 Å². The van der Waals surface area contributed by atoms with E-state index >= 15 is 0 Å². The van der Waals surface area contributed by atoms with Crippen molar-refractivity contribution < 1.29 is 33.4 Å². The molecule has 0 spiro atoms. The van der Waals surface area contributed by atoms with Crippen LogP contribution in [0.1, 0.15) is 0 Å². The monoisotopic (exact) mass is 485 g/mol. The maximum Gasteiger partial charge on any atom is 0.438 e. The Hall–Kier alpha value is -3.98. The van der Waals surface area contributed by atoms with E-state index < -0.39 is 10.2 Å². The van der Waals surface area contributed by atoms with Gasteiger partial charge in [-0.05, 0) is 23.3 Å². The molecule has 0 unspecified atom stereocenters. The molecule has 5 aromatic rings. The Labute approximate surface area is 204 Å². The number of halogens is 1. The molecule has 0 N–H and O–H groups in total. The zero-order chi connectivity index (χ0) is 24.7. The van der Waals surface area contributed by atoms with Crippen molar-refractivity contribution in [1.82, 2.24) is 9.97 Å². The second-order valence-corrected chi connectivity index (χ2v) is 8.13. The minimum atomic E-state index is -4.94. The standard InChI is InChI=1S/C27H20N3.ClHO4/c1-4-11-21(12-5-1)24-19-25(22-13-6-2-7-14-22)30(27-28-17-10-18-29-27)26(20-24)23-15-8-3-9-16-23;2-1(3,4)5/h1-20H;(H,2,3,4,5)/q+1;/p-1. The predicted molar refractivity (Wildman–Crippen MR) is 120 cm³/mol. The van der Waals surface area contributed by atoms with Gasteiger partial charge in [0.2, 0.25) is 0 Å². The molecule has 174 valence electrons. The van der Waals surface area contributed by atoms with Gasteiger partial charge in [0.15, 0.2) is 0 Å². The first kappa shape index (κ1) is 24.2. The molecule has 0 amide bonds. The molecule has 5 rings (SSSR count). The number of hydrogen-bond acceptors (Lipinski definition) is 6. The van der Waals surface area contributed by atoms with Gasteiger partial charge in [-0.3, -0.25) is 0 Å². The minimum Gasteiger partial charge on any atom is -0.222 e. The Kier molecular flexibility index (Phi) is 7.57. The molecule has 0 aliphatic heterocycles. The Morgan fingerprint density at radius 1 is 0.486 bits per heavy atom. The van der Waals surface area contributed by atoms with E-state index in [4.69, 9.17) is 18.6 Å². The molecule has 0 aliphatic carbocycles. The molecule has 0 bridgehead atoms. The summed E-state index contributed by atoms with van der Waals surface area (Å²) < 4.78 is 36.1. The van der Waals surface area contributed by atoms with Crippen molar-refractivity contribution in [3.05, 3.63) is 122 Å². The third-order valence-corrected chi connectivity index (χ3v) is 5.06. The molecule has 3 aromatic carbocycles. The first-order valence-electron chi connectivity index (χ1n) is 10.6. The van der Waals surface area contributed by atoms with Crippen molar-refractivity contribution in [3.8, 4) is 39.6 Å². The van der Waals surface area contributed by atoms with Crippen molar-refractivity contribution in [1.29, 1.82) is 0 Å². The number of aromatic nitrogens is 3. The summed E-state index contributed by atoms with van der Waals surface area (Å²) in [6.45, 7) is 0. The first-order chi connectivity index (χ1) is 16.9. The van der Waals surface area contributed by atoms with Crippen molar-refractivity contribution in [2.24, 2.45) is 0 Å². The Bertz CT molecular complexity index is 1300. The van der Waals surface area contributed by atoms with Gasteiger partial charge in [0.25, 0.3) is 0 Å². The van der Waals surface area contributed by atoms with Crippen molar-refractivity contribution >= 4 is 0 Å². The van der Waals surface area contributed by atoms with E-state index in [2.05, 4.69) is 99.5 Å². The average molecular weight is 486 g/mol. The van der Waals surface area contributed by atoms with Crippen molar-refractivity contribution in [3.63, 3.8) is 0 Å². The average Bonchev–Trinajstić information content (AvgIpc) is 2.89. The van der Waals surface area contributed by atoms with Crippen LogP contribution in [-0.2, 0) is 0 Å². The van der Waals surface area contributed by atoms with E-state index in [1.165, 1.54) is 5.56 Å². The summed E-state index contributed by atoms with van der Waals surface area (Å²) in [6.07, 6.45) is 3.56. The number of nitrogens with zero attached hydrogens (tertiary/aromatic N) is 3. The summed E-state index contributed by atoms with van der Waals surface area (Å²) >= 11 is 0. The highest BCUT2D eigenvalue weighted by Crippen LogP contribution is 2.29. The molecule has 0 aliphatic rings. The maximum absolute atomic E-state index is 8.49. The van der Waals surface area contributed by atoms with Gasteiger partial charge < -0.3 is 0 Å². The van der Waals surface area contributed by atoms with Crippen LogP contribution in [0.3, 0.4) is 0 Å². The van der Waals surface area contributed by atoms with E-state index in [-0.39, 0.29) is 0 Å². The maximum atomic E-state index is 8.49. The van der Waals surface area contributed by atoms with Gasteiger partial charge in [-0.1, -0.05) is 101 Å². The molecule has 7 nitrogen and oxygen atoms in total. The van der Waals surface area contributed by atoms with Crippen LogP contribution in [0.25, 0.3) is 39.6 Å². The third-order valence-electron chi connectivity index (χ3n) is 5.06. The second kappa shape index (κ2) is 11.0. The SMILES string of the molecule is [O-][Cl+3]([O-])([O-])[O-].c1ccc(-c2cc(-c3ccccc3)[n+](-c3ncccn3)c(-c3ccccc3)c2)cc1. The van der Waals surface area contributed by atoms with Crippen LogP contribution >= 0.6 is 0 Å². The lowest BCUT2D eigenvalue weighted by Crippen LogP contribution is -2.68. The van der Waals surface area contributed by atoms with Crippen LogP contribution in [0.5, 0.6) is 0 Å². The summed E-state index contributed by atoms with van der Waals surface area (Å²) in [5, 5.41) is 0. The summed E-state index contributed by atoms with van der Waals surface area (Å²) in [7, 11) is -4.94. The zero-order valence-corrected chi connectivity index (χ0v) is 19.2. The number of benzene rings is 3. The Morgan fingerprint density at radius 2 is 0.857 bits per heavy atom. The van der Waals surface area contributed by atoms with Gasteiger partial charge in [0.05, 0.1) is 0 Å². The second-order valence-electron chi connectivity index (χ2n) is 7.37. The van der Waals surface area contributed by atoms with E-state index in [0.717, 1.165) is 28.1 Å². The van der Waals surface area contributed by atoms with Gasteiger partial charge in [0.1, 0.15) is 23.8 Å².